The molecule has 0 aromatic carbocycles. The van der Waals surface area contributed by atoms with Gasteiger partial charge in [0.15, 0.2) is 0 Å². The van der Waals surface area contributed by atoms with Crippen LogP contribution < -0.4 is 0 Å². The summed E-state index contributed by atoms with van der Waals surface area (Å²) in [5.41, 5.74) is 0. The van der Waals surface area contributed by atoms with Gasteiger partial charge >= 0.3 is 11.9 Å². The van der Waals surface area contributed by atoms with Crippen LogP contribution in [0.3, 0.4) is 0 Å². The first-order valence-electron chi connectivity index (χ1n) is 6.52. The molecule has 0 aliphatic rings. The van der Waals surface area contributed by atoms with Crippen molar-refractivity contribution in [3.05, 3.63) is 0 Å². The molecule has 0 aromatic rings. The first-order chi connectivity index (χ1) is 8.81. The summed E-state index contributed by atoms with van der Waals surface area (Å²) in [7, 11) is 0. The normalized spacial score (nSPS) is 15.4. The molecule has 3 unspecified atom stereocenters. The lowest BCUT2D eigenvalue weighted by Gasteiger charge is -2.14. The summed E-state index contributed by atoms with van der Waals surface area (Å²) >= 11 is 8.25. The fourth-order valence-corrected chi connectivity index (χ4v) is 1.73. The van der Waals surface area contributed by atoms with Crippen molar-refractivity contribution in [1.29, 1.82) is 0 Å². The van der Waals surface area contributed by atoms with E-state index in [1.807, 2.05) is 20.8 Å². The molecule has 0 amide bonds. The van der Waals surface area contributed by atoms with E-state index in [9.17, 15) is 9.59 Å². The Hall–Kier alpha value is -0.360. The van der Waals surface area contributed by atoms with E-state index in [0.29, 0.717) is 32.3 Å². The van der Waals surface area contributed by atoms with Crippen LogP contribution in [-0.2, 0) is 19.1 Å². The molecule has 0 bridgehead atoms. The van der Waals surface area contributed by atoms with E-state index < -0.39 is 0 Å². The fourth-order valence-electron chi connectivity index (χ4n) is 1.43. The minimum Gasteiger partial charge on any atom is -0.466 e. The van der Waals surface area contributed by atoms with Crippen LogP contribution >= 0.6 is 25.3 Å². The number of carbonyl (C=O) groups is 2. The average molecular weight is 308 g/mol. The molecular formula is C13H24O4S2. The molecule has 4 nitrogen and oxygen atoms in total. The molecule has 0 rings (SSSR count). The highest BCUT2D eigenvalue weighted by molar-refractivity contribution is 7.81. The lowest BCUT2D eigenvalue weighted by Crippen LogP contribution is -2.18. The Morgan fingerprint density at radius 3 is 2.05 bits per heavy atom. The Balaban J connectivity index is 3.61. The molecule has 0 saturated carbocycles. The molecule has 3 atom stereocenters. The second-order valence-corrected chi connectivity index (χ2v) is 6.53. The Kier molecular flexibility index (Phi) is 10.2. The van der Waals surface area contributed by atoms with Crippen LogP contribution in [0.4, 0.5) is 0 Å². The highest BCUT2D eigenvalue weighted by Crippen LogP contribution is 2.08. The van der Waals surface area contributed by atoms with Gasteiger partial charge in [-0.3, -0.25) is 9.59 Å². The summed E-state index contributed by atoms with van der Waals surface area (Å²) in [5.74, 6) is -0.480. The molecule has 0 heterocycles. The second kappa shape index (κ2) is 10.4. The molecule has 0 N–H and O–H groups in total. The Morgan fingerprint density at radius 2 is 1.53 bits per heavy atom. The quantitative estimate of drug-likeness (QED) is 0.391. The Labute approximate surface area is 126 Å². The van der Waals surface area contributed by atoms with E-state index in [2.05, 4.69) is 25.3 Å². The predicted molar refractivity (Wildman–Crippen MR) is 81.9 cm³/mol. The zero-order valence-corrected chi connectivity index (χ0v) is 13.6. The molecular weight excluding hydrogens is 284 g/mol. The van der Waals surface area contributed by atoms with Gasteiger partial charge in [0, 0.05) is 10.5 Å². The van der Waals surface area contributed by atoms with Gasteiger partial charge in [0.25, 0.3) is 0 Å². The largest absolute Gasteiger partial charge is 0.466 e. The monoisotopic (exact) mass is 308 g/mol. The van der Waals surface area contributed by atoms with E-state index in [1.165, 1.54) is 0 Å². The third-order valence-corrected chi connectivity index (χ3v) is 2.64. The zero-order valence-electron chi connectivity index (χ0n) is 11.8. The second-order valence-electron chi connectivity index (χ2n) is 4.77. The fraction of sp³-hybridized carbons (Fsp3) is 0.846. The number of hydrogen-bond donors (Lipinski definition) is 2. The maximum atomic E-state index is 11.4. The summed E-state index contributed by atoms with van der Waals surface area (Å²) in [6.45, 7) is 5.87. The van der Waals surface area contributed by atoms with Gasteiger partial charge in [-0.25, -0.2) is 0 Å². The van der Waals surface area contributed by atoms with Crippen molar-refractivity contribution >= 4 is 37.2 Å². The number of carbonyl (C=O) groups excluding carboxylic acids is 2. The van der Waals surface area contributed by atoms with Gasteiger partial charge in [-0.1, -0.05) is 13.8 Å². The molecule has 0 saturated heterocycles. The van der Waals surface area contributed by atoms with Gasteiger partial charge in [-0.15, -0.1) is 0 Å². The van der Waals surface area contributed by atoms with Gasteiger partial charge in [0.2, 0.25) is 0 Å². The SMILES string of the molecule is CC(S)CC(=O)OCCCC(C)OC(=O)CC(C)S. The summed E-state index contributed by atoms with van der Waals surface area (Å²) < 4.78 is 10.2. The van der Waals surface area contributed by atoms with Crippen molar-refractivity contribution in [2.24, 2.45) is 0 Å². The first kappa shape index (κ1) is 18.6. The maximum Gasteiger partial charge on any atom is 0.307 e. The molecule has 19 heavy (non-hydrogen) atoms. The van der Waals surface area contributed by atoms with E-state index in [4.69, 9.17) is 9.47 Å². The van der Waals surface area contributed by atoms with E-state index in [-0.39, 0.29) is 28.5 Å². The average Bonchev–Trinajstić information content (AvgIpc) is 2.21. The third-order valence-electron chi connectivity index (χ3n) is 2.27. The van der Waals surface area contributed by atoms with Crippen molar-refractivity contribution in [1.82, 2.24) is 0 Å². The molecule has 112 valence electrons. The van der Waals surface area contributed by atoms with Crippen LogP contribution in [0, 0.1) is 0 Å². The van der Waals surface area contributed by atoms with Crippen LogP contribution in [0.25, 0.3) is 0 Å². The third kappa shape index (κ3) is 12.4. The van der Waals surface area contributed by atoms with E-state index in [1.54, 1.807) is 0 Å². The van der Waals surface area contributed by atoms with Gasteiger partial charge in [-0.2, -0.15) is 25.3 Å². The molecule has 0 spiro atoms. The van der Waals surface area contributed by atoms with Crippen molar-refractivity contribution in [3.63, 3.8) is 0 Å². The Morgan fingerprint density at radius 1 is 1.00 bits per heavy atom. The molecule has 0 aliphatic carbocycles. The summed E-state index contributed by atoms with van der Waals surface area (Å²) in [5, 5.41) is 0.0134. The van der Waals surface area contributed by atoms with E-state index >= 15 is 0 Å². The van der Waals surface area contributed by atoms with Crippen LogP contribution in [-0.4, -0.2) is 35.1 Å². The molecule has 0 aromatic heterocycles. The van der Waals surface area contributed by atoms with Gasteiger partial charge in [0.1, 0.15) is 0 Å². The molecule has 0 fully saturated rings. The molecule has 6 heteroatoms. The minimum atomic E-state index is -0.240. The number of esters is 2. The summed E-state index contributed by atoms with van der Waals surface area (Å²) in [4.78, 5) is 22.6. The zero-order chi connectivity index (χ0) is 14.8. The van der Waals surface area contributed by atoms with Gasteiger partial charge in [0.05, 0.1) is 25.6 Å². The topological polar surface area (TPSA) is 52.6 Å². The van der Waals surface area contributed by atoms with Crippen LogP contribution in [0.2, 0.25) is 0 Å². The van der Waals surface area contributed by atoms with Gasteiger partial charge in [-0.05, 0) is 19.8 Å². The molecule has 0 radical (unpaired) electrons. The van der Waals surface area contributed by atoms with Gasteiger partial charge < -0.3 is 9.47 Å². The predicted octanol–water partition coefficient (Wildman–Crippen LogP) is 2.66. The molecule has 0 aliphatic heterocycles. The lowest BCUT2D eigenvalue weighted by molar-refractivity contribution is -0.149. The Bertz CT molecular complexity index is 280. The first-order valence-corrected chi connectivity index (χ1v) is 7.55. The standard InChI is InChI=1S/C13H24O4S2/c1-9(17-13(15)8-11(3)19)5-4-6-16-12(14)7-10(2)18/h9-11,18-19H,4-8H2,1-3H3. The highest BCUT2D eigenvalue weighted by atomic mass is 32.1. The highest BCUT2D eigenvalue weighted by Gasteiger charge is 2.12. The number of ether oxygens (including phenoxy) is 2. The van der Waals surface area contributed by atoms with Crippen molar-refractivity contribution < 1.29 is 19.1 Å². The van der Waals surface area contributed by atoms with E-state index in [0.717, 1.165) is 0 Å². The summed E-state index contributed by atoms with van der Waals surface area (Å²) in [6, 6.07) is 0. The van der Waals surface area contributed by atoms with Crippen molar-refractivity contribution in [3.8, 4) is 0 Å². The number of hydrogen-bond acceptors (Lipinski definition) is 6. The summed E-state index contributed by atoms with van der Waals surface area (Å²) in [6.07, 6.45) is 1.81. The van der Waals surface area contributed by atoms with Crippen molar-refractivity contribution in [2.45, 2.75) is 63.1 Å². The smallest absolute Gasteiger partial charge is 0.307 e. The lowest BCUT2D eigenvalue weighted by atomic mass is 10.2. The maximum absolute atomic E-state index is 11.4. The van der Waals surface area contributed by atoms with Crippen LogP contribution in [0.15, 0.2) is 0 Å². The number of rotatable bonds is 9. The van der Waals surface area contributed by atoms with Crippen LogP contribution in [0.1, 0.15) is 46.5 Å². The van der Waals surface area contributed by atoms with Crippen molar-refractivity contribution in [2.75, 3.05) is 6.61 Å². The van der Waals surface area contributed by atoms with Crippen LogP contribution in [0.5, 0.6) is 0 Å². The number of thiol groups is 2. The minimum absolute atomic E-state index is 0.00359.